The van der Waals surface area contributed by atoms with E-state index in [4.69, 9.17) is 4.74 Å². The molecule has 2 aromatic carbocycles. The predicted molar refractivity (Wildman–Crippen MR) is 130 cm³/mol. The van der Waals surface area contributed by atoms with E-state index >= 15 is 0 Å². The van der Waals surface area contributed by atoms with Gasteiger partial charge in [0.15, 0.2) is 0 Å². The van der Waals surface area contributed by atoms with Crippen LogP contribution in [-0.4, -0.2) is 53.2 Å². The number of halogens is 1. The van der Waals surface area contributed by atoms with E-state index < -0.39 is 5.54 Å². The van der Waals surface area contributed by atoms with Crippen LogP contribution in [0, 0.1) is 11.7 Å². The number of nitrogens with one attached hydrogen (secondary N) is 2. The number of amides is 2. The zero-order chi connectivity index (χ0) is 24.5. The molecule has 1 aliphatic carbocycles. The standard InChI is InChI=1S/C26H29FN4O3/c1-16(2)15-31(3)25(33)26(13-14-26)28-24(32)19-10-12-21-22(23(19)34-4)20(29-30-21)11-7-17-5-8-18(27)9-6-17/h5-12,16H,13-15H2,1-4H3,(H,28,32)(H,29,30). The molecule has 0 aliphatic heterocycles. The average molecular weight is 465 g/mol. The van der Waals surface area contributed by atoms with Crippen molar-refractivity contribution in [3.63, 3.8) is 0 Å². The molecule has 1 aliphatic rings. The minimum atomic E-state index is -0.859. The van der Waals surface area contributed by atoms with Gasteiger partial charge in [0.05, 0.1) is 29.3 Å². The Morgan fingerprint density at radius 2 is 1.91 bits per heavy atom. The monoisotopic (exact) mass is 464 g/mol. The molecule has 178 valence electrons. The number of likely N-dealkylation sites (N-methyl/N-ethyl adjacent to an activating group) is 1. The predicted octanol–water partition coefficient (Wildman–Crippen LogP) is 4.26. The number of benzene rings is 2. The van der Waals surface area contributed by atoms with E-state index in [-0.39, 0.29) is 17.6 Å². The second kappa shape index (κ2) is 9.29. The smallest absolute Gasteiger partial charge is 0.255 e. The Kier molecular flexibility index (Phi) is 6.41. The number of carbonyl (C=O) groups excluding carboxylic acids is 2. The van der Waals surface area contributed by atoms with E-state index in [0.717, 1.165) is 5.56 Å². The summed E-state index contributed by atoms with van der Waals surface area (Å²) < 4.78 is 18.8. The summed E-state index contributed by atoms with van der Waals surface area (Å²) in [5.74, 6) is -0.0199. The average Bonchev–Trinajstić information content (AvgIpc) is 3.47. The van der Waals surface area contributed by atoms with Gasteiger partial charge >= 0.3 is 0 Å². The number of carbonyl (C=O) groups is 2. The van der Waals surface area contributed by atoms with Crippen molar-refractivity contribution in [3.8, 4) is 5.75 Å². The van der Waals surface area contributed by atoms with E-state index in [2.05, 4.69) is 29.4 Å². The number of nitrogens with zero attached hydrogens (tertiary/aromatic N) is 2. The van der Waals surface area contributed by atoms with E-state index in [0.29, 0.717) is 53.2 Å². The van der Waals surface area contributed by atoms with Crippen LogP contribution in [0.5, 0.6) is 5.75 Å². The fourth-order valence-corrected chi connectivity index (χ4v) is 4.16. The molecule has 2 amide bonds. The lowest BCUT2D eigenvalue weighted by Crippen LogP contribution is -2.50. The fraction of sp³-hybridized carbons (Fsp3) is 0.346. The van der Waals surface area contributed by atoms with E-state index in [1.165, 1.54) is 19.2 Å². The number of ether oxygens (including phenoxy) is 1. The van der Waals surface area contributed by atoms with Crippen LogP contribution in [0.2, 0.25) is 0 Å². The third-order valence-electron chi connectivity index (χ3n) is 5.96. The summed E-state index contributed by atoms with van der Waals surface area (Å²) in [6, 6.07) is 9.52. The first kappa shape index (κ1) is 23.5. The Labute approximate surface area is 198 Å². The maximum Gasteiger partial charge on any atom is 0.255 e. The zero-order valence-corrected chi connectivity index (χ0v) is 19.8. The minimum absolute atomic E-state index is 0.0687. The van der Waals surface area contributed by atoms with Crippen molar-refractivity contribution in [1.82, 2.24) is 20.4 Å². The quantitative estimate of drug-likeness (QED) is 0.522. The largest absolute Gasteiger partial charge is 0.495 e. The van der Waals surface area contributed by atoms with Crippen molar-refractivity contribution in [2.45, 2.75) is 32.2 Å². The van der Waals surface area contributed by atoms with Gasteiger partial charge in [-0.3, -0.25) is 14.7 Å². The molecular formula is C26H29FN4O3. The van der Waals surface area contributed by atoms with Crippen molar-refractivity contribution in [2.24, 2.45) is 5.92 Å². The highest BCUT2D eigenvalue weighted by Crippen LogP contribution is 2.39. The number of aromatic amines is 1. The van der Waals surface area contributed by atoms with Crippen molar-refractivity contribution >= 4 is 34.9 Å². The van der Waals surface area contributed by atoms with Crippen LogP contribution in [0.3, 0.4) is 0 Å². The highest BCUT2D eigenvalue weighted by atomic mass is 19.1. The van der Waals surface area contributed by atoms with Crippen LogP contribution >= 0.6 is 0 Å². The van der Waals surface area contributed by atoms with Crippen LogP contribution in [0.25, 0.3) is 23.1 Å². The second-order valence-electron chi connectivity index (χ2n) is 9.18. The first-order valence-corrected chi connectivity index (χ1v) is 11.3. The lowest BCUT2D eigenvalue weighted by Gasteiger charge is -2.26. The van der Waals surface area contributed by atoms with E-state index in [1.807, 2.05) is 6.08 Å². The molecule has 7 nitrogen and oxygen atoms in total. The van der Waals surface area contributed by atoms with Gasteiger partial charge in [0.2, 0.25) is 5.91 Å². The molecule has 1 heterocycles. The third-order valence-corrected chi connectivity index (χ3v) is 5.96. The van der Waals surface area contributed by atoms with Crippen LogP contribution in [-0.2, 0) is 4.79 Å². The van der Waals surface area contributed by atoms with Crippen LogP contribution in [0.1, 0.15) is 48.3 Å². The number of hydrogen-bond acceptors (Lipinski definition) is 4. The lowest BCUT2D eigenvalue weighted by molar-refractivity contribution is -0.133. The molecule has 0 spiro atoms. The lowest BCUT2D eigenvalue weighted by atomic mass is 10.1. The fourth-order valence-electron chi connectivity index (χ4n) is 4.16. The summed E-state index contributed by atoms with van der Waals surface area (Å²) in [4.78, 5) is 27.9. The number of H-pyrrole nitrogens is 1. The highest BCUT2D eigenvalue weighted by Gasteiger charge is 2.52. The molecule has 2 N–H and O–H groups in total. The van der Waals surface area contributed by atoms with E-state index in [1.54, 1.807) is 42.3 Å². The number of fused-ring (bicyclic) bond motifs is 1. The SMILES string of the molecule is COc1c(C(=O)NC2(C(=O)N(C)CC(C)C)CC2)ccc2n[nH]c(C=Cc3ccc(F)cc3)c12. The normalized spacial score (nSPS) is 14.5. The van der Waals surface area contributed by atoms with Gasteiger partial charge in [0.1, 0.15) is 17.1 Å². The summed E-state index contributed by atoms with van der Waals surface area (Å²) in [5.41, 5.74) is 1.58. The molecule has 1 aromatic heterocycles. The summed E-state index contributed by atoms with van der Waals surface area (Å²) in [7, 11) is 3.27. The van der Waals surface area contributed by atoms with Gasteiger partial charge in [0.25, 0.3) is 5.91 Å². The number of hydrogen-bond donors (Lipinski definition) is 2. The van der Waals surface area contributed by atoms with Crippen molar-refractivity contribution < 1.29 is 18.7 Å². The van der Waals surface area contributed by atoms with Gasteiger partial charge in [0, 0.05) is 13.6 Å². The van der Waals surface area contributed by atoms with Crippen LogP contribution in [0.15, 0.2) is 36.4 Å². The maximum atomic E-state index is 13.3. The molecule has 0 saturated heterocycles. The maximum absolute atomic E-state index is 13.3. The third kappa shape index (κ3) is 4.66. The minimum Gasteiger partial charge on any atom is -0.495 e. The van der Waals surface area contributed by atoms with Gasteiger partial charge in [-0.25, -0.2) is 4.39 Å². The number of aromatic nitrogens is 2. The topological polar surface area (TPSA) is 87.3 Å². The summed E-state index contributed by atoms with van der Waals surface area (Å²) in [6.07, 6.45) is 4.85. The summed E-state index contributed by atoms with van der Waals surface area (Å²) in [6.45, 7) is 4.73. The Bertz CT molecular complexity index is 1240. The number of methoxy groups -OCH3 is 1. The highest BCUT2D eigenvalue weighted by molar-refractivity contribution is 6.07. The number of rotatable bonds is 8. The Morgan fingerprint density at radius 3 is 2.53 bits per heavy atom. The Morgan fingerprint density at radius 1 is 1.21 bits per heavy atom. The second-order valence-corrected chi connectivity index (χ2v) is 9.18. The zero-order valence-electron chi connectivity index (χ0n) is 19.8. The Hall–Kier alpha value is -3.68. The van der Waals surface area contributed by atoms with Crippen molar-refractivity contribution in [1.29, 1.82) is 0 Å². The molecule has 0 bridgehead atoms. The van der Waals surface area contributed by atoms with Gasteiger partial charge in [-0.15, -0.1) is 0 Å². The molecule has 8 heteroatoms. The summed E-state index contributed by atoms with van der Waals surface area (Å²) >= 11 is 0. The molecule has 3 aromatic rings. The molecule has 0 atom stereocenters. The molecular weight excluding hydrogens is 435 g/mol. The molecule has 1 fully saturated rings. The van der Waals surface area contributed by atoms with Crippen LogP contribution < -0.4 is 10.1 Å². The van der Waals surface area contributed by atoms with Gasteiger partial charge < -0.3 is 15.0 Å². The molecule has 0 unspecified atom stereocenters. The Balaban J connectivity index is 1.62. The first-order chi connectivity index (χ1) is 16.2. The first-order valence-electron chi connectivity index (χ1n) is 11.3. The summed E-state index contributed by atoms with van der Waals surface area (Å²) in [5, 5.41) is 10.9. The van der Waals surface area contributed by atoms with E-state index in [9.17, 15) is 14.0 Å². The van der Waals surface area contributed by atoms with Gasteiger partial charge in [-0.2, -0.15) is 5.10 Å². The molecule has 34 heavy (non-hydrogen) atoms. The van der Waals surface area contributed by atoms with Crippen molar-refractivity contribution in [3.05, 3.63) is 59.0 Å². The van der Waals surface area contributed by atoms with Crippen molar-refractivity contribution in [2.75, 3.05) is 20.7 Å². The molecule has 0 radical (unpaired) electrons. The van der Waals surface area contributed by atoms with Gasteiger partial charge in [-0.1, -0.05) is 32.1 Å². The molecule has 4 rings (SSSR count). The molecule has 1 saturated carbocycles. The van der Waals surface area contributed by atoms with Gasteiger partial charge in [-0.05, 0) is 54.7 Å². The van der Waals surface area contributed by atoms with Crippen LogP contribution in [0.4, 0.5) is 4.39 Å².